The van der Waals surface area contributed by atoms with Gasteiger partial charge in [0, 0.05) is 22.8 Å². The van der Waals surface area contributed by atoms with Crippen LogP contribution in [0.15, 0.2) is 91.6 Å². The van der Waals surface area contributed by atoms with Crippen LogP contribution in [-0.4, -0.2) is 66.1 Å². The van der Waals surface area contributed by atoms with Gasteiger partial charge in [0.15, 0.2) is 5.75 Å². The Morgan fingerprint density at radius 2 is 1.31 bits per heavy atom. The maximum atomic E-state index is 12.3. The van der Waals surface area contributed by atoms with E-state index in [9.17, 15) is 39.5 Å². The maximum absolute atomic E-state index is 12.3. The number of halogens is 1. The minimum atomic E-state index is -5.05. The van der Waals surface area contributed by atoms with Crippen LogP contribution >= 0.6 is 11.6 Å². The van der Waals surface area contributed by atoms with Crippen molar-refractivity contribution in [2.45, 2.75) is 14.7 Å². The highest BCUT2D eigenvalue weighted by Gasteiger charge is 2.23. The monoisotopic (exact) mass is 737 g/mol. The van der Waals surface area contributed by atoms with Crippen molar-refractivity contribution in [1.29, 1.82) is 0 Å². The number of benzene rings is 4. The van der Waals surface area contributed by atoms with Gasteiger partial charge in [-0.15, -0.1) is 10.2 Å². The Kier molecular flexibility index (Phi) is 9.20. The molecule has 0 spiro atoms. The maximum Gasteiger partial charge on any atom is 0.296 e. The molecule has 6 N–H and O–H groups in total. The minimum Gasteiger partial charge on any atom is -0.505 e. The second kappa shape index (κ2) is 12.9. The van der Waals surface area contributed by atoms with Crippen molar-refractivity contribution >= 4 is 87.4 Å². The molecule has 0 aliphatic rings. The van der Waals surface area contributed by atoms with E-state index in [4.69, 9.17) is 20.9 Å². The van der Waals surface area contributed by atoms with Gasteiger partial charge >= 0.3 is 0 Å². The SMILES string of the molecule is COc1ccc(N=Nc2c(S(=O)(=O)O)cc3cc(Nc4nc(Cl)nc(Nc5ccc(S(=O)(=O)O)cc5)n4)ccc3c2O)c(S(=O)(=O)O)c1. The van der Waals surface area contributed by atoms with E-state index in [1.165, 1.54) is 43.5 Å². The van der Waals surface area contributed by atoms with Crippen LogP contribution in [-0.2, 0) is 30.4 Å². The lowest BCUT2D eigenvalue weighted by Crippen LogP contribution is -2.04. The Morgan fingerprint density at radius 1 is 0.708 bits per heavy atom. The number of methoxy groups -OCH3 is 1. The van der Waals surface area contributed by atoms with E-state index in [0.29, 0.717) is 5.69 Å². The van der Waals surface area contributed by atoms with Gasteiger partial charge in [0.25, 0.3) is 30.4 Å². The molecule has 5 aromatic rings. The van der Waals surface area contributed by atoms with Gasteiger partial charge in [0.1, 0.15) is 26.9 Å². The molecule has 1 heterocycles. The van der Waals surface area contributed by atoms with E-state index in [0.717, 1.165) is 30.3 Å². The minimum absolute atomic E-state index is 0.0380. The fraction of sp³-hybridized carbons (Fsp3) is 0.0385. The molecular weight excluding hydrogens is 718 g/mol. The molecule has 4 aromatic carbocycles. The Labute approximate surface area is 276 Å². The van der Waals surface area contributed by atoms with Crippen LogP contribution in [0.5, 0.6) is 11.5 Å². The van der Waals surface area contributed by atoms with Crippen molar-refractivity contribution in [2.75, 3.05) is 17.7 Å². The van der Waals surface area contributed by atoms with Gasteiger partial charge in [-0.05, 0) is 77.7 Å². The predicted molar refractivity (Wildman–Crippen MR) is 170 cm³/mol. The predicted octanol–water partition coefficient (Wildman–Crippen LogP) is 5.04. The number of hydrogen-bond acceptors (Lipinski definition) is 15. The molecule has 0 saturated carbocycles. The number of fused-ring (bicyclic) bond motifs is 1. The number of nitrogens with zero attached hydrogens (tertiary/aromatic N) is 5. The number of anilines is 4. The highest BCUT2D eigenvalue weighted by atomic mass is 35.5. The van der Waals surface area contributed by atoms with Gasteiger partial charge in [-0.2, -0.15) is 40.2 Å². The number of azo groups is 1. The average Bonchev–Trinajstić information content (AvgIpc) is 2.99. The van der Waals surface area contributed by atoms with E-state index in [1.807, 2.05) is 0 Å². The highest BCUT2D eigenvalue weighted by molar-refractivity contribution is 7.86. The van der Waals surface area contributed by atoms with Crippen molar-refractivity contribution in [3.63, 3.8) is 0 Å². The van der Waals surface area contributed by atoms with Gasteiger partial charge in [-0.1, -0.05) is 0 Å². The number of aromatic nitrogens is 3. The largest absolute Gasteiger partial charge is 0.505 e. The Morgan fingerprint density at radius 3 is 1.90 bits per heavy atom. The molecule has 5 rings (SSSR count). The summed E-state index contributed by atoms with van der Waals surface area (Å²) in [7, 11) is -13.0. The summed E-state index contributed by atoms with van der Waals surface area (Å²) in [5.74, 6) is -0.844. The van der Waals surface area contributed by atoms with Crippen LogP contribution in [0.3, 0.4) is 0 Å². The topological polar surface area (TPSA) is 280 Å². The molecule has 0 aliphatic carbocycles. The van der Waals surface area contributed by atoms with E-state index in [-0.39, 0.29) is 44.3 Å². The van der Waals surface area contributed by atoms with Gasteiger partial charge in [-0.25, -0.2) is 0 Å². The van der Waals surface area contributed by atoms with Crippen LogP contribution in [0.2, 0.25) is 5.28 Å². The first-order valence-corrected chi connectivity index (χ1v) is 17.5. The van der Waals surface area contributed by atoms with Crippen molar-refractivity contribution in [3.05, 3.63) is 72.0 Å². The lowest BCUT2D eigenvalue weighted by molar-refractivity contribution is 0.412. The Bertz CT molecular complexity index is 2450. The van der Waals surface area contributed by atoms with Gasteiger partial charge < -0.3 is 20.5 Å². The van der Waals surface area contributed by atoms with Crippen LogP contribution in [0.1, 0.15) is 0 Å². The van der Waals surface area contributed by atoms with Crippen molar-refractivity contribution in [2.24, 2.45) is 10.2 Å². The summed E-state index contributed by atoms with van der Waals surface area (Å²) in [4.78, 5) is 10.2. The average molecular weight is 738 g/mol. The summed E-state index contributed by atoms with van der Waals surface area (Å²) in [5, 5.41) is 23.9. The van der Waals surface area contributed by atoms with E-state index >= 15 is 0 Å². The number of nitrogens with one attached hydrogen (secondary N) is 2. The van der Waals surface area contributed by atoms with Gasteiger partial charge in [-0.3, -0.25) is 13.7 Å². The molecule has 0 fully saturated rings. The number of hydrogen-bond donors (Lipinski definition) is 6. The number of ether oxygens (including phenoxy) is 1. The smallest absolute Gasteiger partial charge is 0.296 e. The summed E-state index contributed by atoms with van der Waals surface area (Å²) in [6.07, 6.45) is 0. The summed E-state index contributed by atoms with van der Waals surface area (Å²) in [6.45, 7) is 0. The van der Waals surface area contributed by atoms with Crippen LogP contribution in [0.4, 0.5) is 34.6 Å². The van der Waals surface area contributed by atoms with E-state index in [2.05, 4.69) is 35.8 Å². The summed E-state index contributed by atoms with van der Waals surface area (Å²) < 4.78 is 105. The van der Waals surface area contributed by atoms with Gasteiger partial charge in [0.2, 0.25) is 17.2 Å². The molecule has 0 bridgehead atoms. The number of aromatic hydroxyl groups is 1. The molecule has 0 amide bonds. The summed E-state index contributed by atoms with van der Waals surface area (Å²) in [6, 6.07) is 13.5. The summed E-state index contributed by atoms with van der Waals surface area (Å²) in [5.41, 5.74) is -0.575. The van der Waals surface area contributed by atoms with Crippen molar-refractivity contribution < 1.29 is 48.8 Å². The Balaban J connectivity index is 1.49. The zero-order chi connectivity index (χ0) is 35.0. The van der Waals surface area contributed by atoms with Crippen LogP contribution in [0.25, 0.3) is 10.8 Å². The molecule has 0 radical (unpaired) electrons. The first-order valence-electron chi connectivity index (χ1n) is 12.8. The normalized spacial score (nSPS) is 12.4. The zero-order valence-corrected chi connectivity index (χ0v) is 27.0. The van der Waals surface area contributed by atoms with Crippen molar-refractivity contribution in [1.82, 2.24) is 15.0 Å². The van der Waals surface area contributed by atoms with E-state index < -0.39 is 57.3 Å². The third-order valence-electron chi connectivity index (χ3n) is 6.30. The molecule has 0 aliphatic heterocycles. The van der Waals surface area contributed by atoms with Crippen LogP contribution in [0, 0.1) is 0 Å². The van der Waals surface area contributed by atoms with Crippen LogP contribution < -0.4 is 15.4 Å². The van der Waals surface area contributed by atoms with Crippen molar-refractivity contribution in [3.8, 4) is 11.5 Å². The first kappa shape index (κ1) is 34.3. The summed E-state index contributed by atoms with van der Waals surface area (Å²) >= 11 is 6.04. The zero-order valence-electron chi connectivity index (χ0n) is 23.8. The molecule has 22 heteroatoms. The molecule has 18 nitrogen and oxygen atoms in total. The third kappa shape index (κ3) is 7.74. The second-order valence-electron chi connectivity index (χ2n) is 9.49. The molecule has 48 heavy (non-hydrogen) atoms. The molecule has 0 saturated heterocycles. The number of phenols is 1. The lowest BCUT2D eigenvalue weighted by Gasteiger charge is -2.12. The Hall–Kier alpha value is -5.03. The number of phenolic OH excluding ortho intramolecular Hbond substituents is 1. The third-order valence-corrected chi connectivity index (χ3v) is 9.09. The van der Waals surface area contributed by atoms with Gasteiger partial charge in [0.05, 0.1) is 12.0 Å². The quantitative estimate of drug-likeness (QED) is 0.0809. The first-order chi connectivity index (χ1) is 22.4. The fourth-order valence-electron chi connectivity index (χ4n) is 4.17. The lowest BCUT2D eigenvalue weighted by atomic mass is 10.1. The highest BCUT2D eigenvalue weighted by Crippen LogP contribution is 2.43. The fourth-order valence-corrected chi connectivity index (χ4v) is 6.10. The standard InChI is InChI=1S/C26H20ClN7O11S3/c1-45-16-5-9-19(20(12-16)47(39,40)41)33-34-22-21(48(42,43)44)11-13-10-15(4-8-18(13)23(22)35)29-26-31-24(27)30-25(32-26)28-14-2-6-17(7-3-14)46(36,37)38/h2-12,35H,1H3,(H,36,37,38)(H,39,40,41)(H,42,43,44)(H2,28,29,30,31,32). The molecule has 250 valence electrons. The second-order valence-corrected chi connectivity index (χ2v) is 14.0. The number of rotatable bonds is 10. The molecule has 0 unspecified atom stereocenters. The molecular formula is C26H20ClN7O11S3. The van der Waals surface area contributed by atoms with E-state index in [1.54, 1.807) is 0 Å². The molecule has 0 atom stereocenters. The molecule has 1 aromatic heterocycles.